The smallest absolute Gasteiger partial charge is 0.227 e. The Morgan fingerprint density at radius 2 is 1.89 bits per heavy atom. The second-order valence-electron chi connectivity index (χ2n) is 3.92. The van der Waals surface area contributed by atoms with E-state index in [9.17, 15) is 0 Å². The van der Waals surface area contributed by atoms with Crippen LogP contribution in [0.5, 0.6) is 0 Å². The number of benzene rings is 2. The molecular formula is C13H10IN3O. The van der Waals surface area contributed by atoms with Crippen molar-refractivity contribution in [2.24, 2.45) is 0 Å². The Bertz CT molecular complexity index is 691. The van der Waals surface area contributed by atoms with E-state index in [-0.39, 0.29) is 0 Å². The molecule has 90 valence electrons. The van der Waals surface area contributed by atoms with E-state index >= 15 is 0 Å². The number of aromatic nitrogens is 1. The van der Waals surface area contributed by atoms with Gasteiger partial charge in [-0.3, -0.25) is 0 Å². The average Bonchev–Trinajstić information content (AvgIpc) is 2.82. The SMILES string of the molecule is Nc1ccc(-c2nc3cc(NI)ccc3o2)cc1. The summed E-state index contributed by atoms with van der Waals surface area (Å²) in [5, 5.41) is 0. The zero-order chi connectivity index (χ0) is 12.5. The third kappa shape index (κ3) is 2.01. The van der Waals surface area contributed by atoms with Crippen molar-refractivity contribution in [1.29, 1.82) is 0 Å². The Balaban J connectivity index is 2.10. The third-order valence-corrected chi connectivity index (χ3v) is 3.28. The number of anilines is 2. The molecule has 0 radical (unpaired) electrons. The lowest BCUT2D eigenvalue weighted by Gasteiger charge is -1.95. The summed E-state index contributed by atoms with van der Waals surface area (Å²) in [7, 11) is 0. The quantitative estimate of drug-likeness (QED) is 0.418. The third-order valence-electron chi connectivity index (χ3n) is 2.65. The van der Waals surface area contributed by atoms with Gasteiger partial charge in [0.15, 0.2) is 5.58 Å². The Labute approximate surface area is 118 Å². The molecule has 2 aromatic carbocycles. The lowest BCUT2D eigenvalue weighted by atomic mass is 10.2. The monoisotopic (exact) mass is 351 g/mol. The summed E-state index contributed by atoms with van der Waals surface area (Å²) in [5.41, 5.74) is 9.92. The summed E-state index contributed by atoms with van der Waals surface area (Å²) >= 11 is 2.09. The second kappa shape index (κ2) is 4.49. The Hall–Kier alpha value is -1.76. The first kappa shape index (κ1) is 11.3. The zero-order valence-electron chi connectivity index (χ0n) is 9.35. The van der Waals surface area contributed by atoms with Crippen LogP contribution in [0.25, 0.3) is 22.6 Å². The first-order chi connectivity index (χ1) is 8.76. The number of halogens is 1. The molecular weight excluding hydrogens is 341 g/mol. The molecule has 18 heavy (non-hydrogen) atoms. The number of nitrogens with two attached hydrogens (primary N) is 1. The Morgan fingerprint density at radius 3 is 2.61 bits per heavy atom. The van der Waals surface area contributed by atoms with Gasteiger partial charge in [0, 0.05) is 16.9 Å². The van der Waals surface area contributed by atoms with Crippen LogP contribution in [-0.4, -0.2) is 4.98 Å². The van der Waals surface area contributed by atoms with Gasteiger partial charge in [-0.25, -0.2) is 4.98 Å². The number of nitrogens with zero attached hydrogens (tertiary/aromatic N) is 1. The van der Waals surface area contributed by atoms with Crippen LogP contribution < -0.4 is 9.26 Å². The zero-order valence-corrected chi connectivity index (χ0v) is 11.5. The van der Waals surface area contributed by atoms with E-state index in [0.717, 1.165) is 28.0 Å². The van der Waals surface area contributed by atoms with Gasteiger partial charge in [0.05, 0.1) is 22.9 Å². The predicted molar refractivity (Wildman–Crippen MR) is 81.5 cm³/mol. The highest BCUT2D eigenvalue weighted by atomic mass is 127. The van der Waals surface area contributed by atoms with Crippen LogP contribution in [-0.2, 0) is 0 Å². The van der Waals surface area contributed by atoms with Crippen molar-refractivity contribution < 1.29 is 4.42 Å². The molecule has 0 bridgehead atoms. The maximum atomic E-state index is 5.71. The van der Waals surface area contributed by atoms with Crippen molar-refractivity contribution in [1.82, 2.24) is 4.98 Å². The minimum atomic E-state index is 0.607. The van der Waals surface area contributed by atoms with Crippen molar-refractivity contribution in [2.75, 3.05) is 9.26 Å². The lowest BCUT2D eigenvalue weighted by molar-refractivity contribution is 0.620. The molecule has 0 fully saturated rings. The standard InChI is InChI=1S/C13H10IN3O/c14-17-10-5-6-12-11(7-10)16-13(18-12)8-1-3-9(15)4-2-8/h1-7,17H,15H2. The van der Waals surface area contributed by atoms with E-state index in [1.165, 1.54) is 0 Å². The fourth-order valence-electron chi connectivity index (χ4n) is 1.74. The molecule has 3 aromatic rings. The van der Waals surface area contributed by atoms with Crippen LogP contribution >= 0.6 is 22.9 Å². The molecule has 5 heteroatoms. The molecule has 0 unspecified atom stereocenters. The normalized spacial score (nSPS) is 10.7. The molecule has 0 aliphatic rings. The molecule has 4 nitrogen and oxygen atoms in total. The molecule has 0 amide bonds. The van der Waals surface area contributed by atoms with Gasteiger partial charge in [-0.1, -0.05) is 0 Å². The van der Waals surface area contributed by atoms with E-state index in [1.54, 1.807) is 0 Å². The van der Waals surface area contributed by atoms with Crippen molar-refractivity contribution in [3.05, 3.63) is 42.5 Å². The fraction of sp³-hybridized carbons (Fsp3) is 0. The minimum absolute atomic E-state index is 0.607. The summed E-state index contributed by atoms with van der Waals surface area (Å²) in [5.74, 6) is 0.607. The van der Waals surface area contributed by atoms with Crippen molar-refractivity contribution in [3.63, 3.8) is 0 Å². The highest BCUT2D eigenvalue weighted by Crippen LogP contribution is 2.26. The molecule has 0 aliphatic heterocycles. The van der Waals surface area contributed by atoms with Gasteiger partial charge in [-0.15, -0.1) is 0 Å². The second-order valence-corrected chi connectivity index (χ2v) is 4.46. The van der Waals surface area contributed by atoms with Gasteiger partial charge in [-0.2, -0.15) is 0 Å². The maximum absolute atomic E-state index is 5.71. The summed E-state index contributed by atoms with van der Waals surface area (Å²) in [6.07, 6.45) is 0. The van der Waals surface area contributed by atoms with Crippen LogP contribution in [0, 0.1) is 0 Å². The fourth-order valence-corrected chi connectivity index (χ4v) is 2.07. The molecule has 3 rings (SSSR count). The largest absolute Gasteiger partial charge is 0.436 e. The van der Waals surface area contributed by atoms with E-state index < -0.39 is 0 Å². The number of rotatable bonds is 2. The van der Waals surface area contributed by atoms with Gasteiger partial charge < -0.3 is 13.7 Å². The van der Waals surface area contributed by atoms with Gasteiger partial charge in [0.25, 0.3) is 0 Å². The van der Waals surface area contributed by atoms with Crippen molar-refractivity contribution >= 4 is 45.3 Å². The molecule has 0 spiro atoms. The van der Waals surface area contributed by atoms with E-state index in [4.69, 9.17) is 10.2 Å². The molecule has 0 saturated carbocycles. The first-order valence-electron chi connectivity index (χ1n) is 5.39. The van der Waals surface area contributed by atoms with Crippen LogP contribution in [0.15, 0.2) is 46.9 Å². The van der Waals surface area contributed by atoms with Gasteiger partial charge >= 0.3 is 0 Å². The predicted octanol–water partition coefficient (Wildman–Crippen LogP) is 3.84. The molecule has 0 saturated heterocycles. The van der Waals surface area contributed by atoms with E-state index in [0.29, 0.717) is 5.89 Å². The number of hydrogen-bond donors (Lipinski definition) is 2. The highest BCUT2D eigenvalue weighted by molar-refractivity contribution is 14.1. The molecule has 0 atom stereocenters. The average molecular weight is 351 g/mol. The van der Waals surface area contributed by atoms with E-state index in [1.807, 2.05) is 42.5 Å². The number of nitrogens with one attached hydrogen (secondary N) is 1. The lowest BCUT2D eigenvalue weighted by Crippen LogP contribution is -1.83. The molecule has 3 N–H and O–H groups in total. The number of fused-ring (bicyclic) bond motifs is 1. The van der Waals surface area contributed by atoms with Crippen LogP contribution in [0.4, 0.5) is 11.4 Å². The Kier molecular flexibility index (Phi) is 2.83. The van der Waals surface area contributed by atoms with Gasteiger partial charge in [0.2, 0.25) is 5.89 Å². The number of oxazole rings is 1. The van der Waals surface area contributed by atoms with Crippen molar-refractivity contribution in [3.8, 4) is 11.5 Å². The van der Waals surface area contributed by atoms with Crippen molar-refractivity contribution in [2.45, 2.75) is 0 Å². The van der Waals surface area contributed by atoms with Crippen LogP contribution in [0.1, 0.15) is 0 Å². The first-order valence-corrected chi connectivity index (χ1v) is 6.47. The van der Waals surface area contributed by atoms with Gasteiger partial charge in [0.1, 0.15) is 5.52 Å². The number of nitrogen functional groups attached to an aromatic ring is 1. The minimum Gasteiger partial charge on any atom is -0.436 e. The highest BCUT2D eigenvalue weighted by Gasteiger charge is 2.08. The summed E-state index contributed by atoms with van der Waals surface area (Å²) < 4.78 is 8.76. The van der Waals surface area contributed by atoms with Gasteiger partial charge in [-0.05, 0) is 42.5 Å². The summed E-state index contributed by atoms with van der Waals surface area (Å²) in [6, 6.07) is 13.3. The maximum Gasteiger partial charge on any atom is 0.227 e. The van der Waals surface area contributed by atoms with Crippen LogP contribution in [0.2, 0.25) is 0 Å². The summed E-state index contributed by atoms with van der Waals surface area (Å²) in [4.78, 5) is 4.47. The molecule has 1 aromatic heterocycles. The molecule has 1 heterocycles. The summed E-state index contributed by atoms with van der Waals surface area (Å²) in [6.45, 7) is 0. The Morgan fingerprint density at radius 1 is 1.11 bits per heavy atom. The van der Waals surface area contributed by atoms with E-state index in [2.05, 4.69) is 31.4 Å². The number of hydrogen-bond acceptors (Lipinski definition) is 4. The van der Waals surface area contributed by atoms with Crippen LogP contribution in [0.3, 0.4) is 0 Å². The molecule has 0 aliphatic carbocycles. The topological polar surface area (TPSA) is 64.1 Å².